The number of halogens is 3. The molecule has 0 spiro atoms. The molecule has 0 saturated heterocycles. The van der Waals surface area contributed by atoms with Crippen molar-refractivity contribution in [2.75, 3.05) is 0 Å². The molecule has 1 nitrogen and oxygen atoms in total. The molecule has 0 N–H and O–H groups in total. The number of ketones is 1. The fourth-order valence-corrected chi connectivity index (χ4v) is 1.82. The van der Waals surface area contributed by atoms with Gasteiger partial charge in [-0.15, -0.1) is 0 Å². The summed E-state index contributed by atoms with van der Waals surface area (Å²) in [6.45, 7) is 3.53. The second kappa shape index (κ2) is 4.88. The van der Waals surface area contributed by atoms with E-state index < -0.39 is 23.2 Å². The van der Waals surface area contributed by atoms with E-state index in [1.165, 1.54) is 0 Å². The van der Waals surface area contributed by atoms with Gasteiger partial charge in [0.15, 0.2) is 23.2 Å². The van der Waals surface area contributed by atoms with Crippen LogP contribution in [0, 0.1) is 31.3 Å². The minimum absolute atomic E-state index is 0.204. The Labute approximate surface area is 108 Å². The predicted molar refractivity (Wildman–Crippen MR) is 65.7 cm³/mol. The number of hydrogen-bond acceptors (Lipinski definition) is 1. The number of aryl methyl sites for hydroxylation is 2. The van der Waals surface area contributed by atoms with Gasteiger partial charge in [0.05, 0.1) is 0 Å². The molecule has 19 heavy (non-hydrogen) atoms. The van der Waals surface area contributed by atoms with E-state index >= 15 is 0 Å². The topological polar surface area (TPSA) is 17.1 Å². The molecule has 4 heteroatoms. The summed E-state index contributed by atoms with van der Waals surface area (Å²) in [7, 11) is 0. The van der Waals surface area contributed by atoms with Gasteiger partial charge >= 0.3 is 0 Å². The van der Waals surface area contributed by atoms with E-state index in [-0.39, 0.29) is 5.56 Å². The van der Waals surface area contributed by atoms with E-state index in [0.717, 1.165) is 5.56 Å². The Kier molecular flexibility index (Phi) is 3.42. The van der Waals surface area contributed by atoms with Gasteiger partial charge in [0.25, 0.3) is 0 Å². The van der Waals surface area contributed by atoms with Crippen molar-refractivity contribution in [2.45, 2.75) is 13.8 Å². The largest absolute Gasteiger partial charge is 0.289 e. The lowest BCUT2D eigenvalue weighted by Gasteiger charge is -2.07. The summed E-state index contributed by atoms with van der Waals surface area (Å²) in [5, 5.41) is 0. The molecule has 0 saturated carbocycles. The van der Waals surface area contributed by atoms with E-state index in [9.17, 15) is 18.0 Å². The molecule has 0 fully saturated rings. The number of carbonyl (C=O) groups excluding carboxylic acids is 1. The summed E-state index contributed by atoms with van der Waals surface area (Å²) in [6, 6.07) is 6.64. The van der Waals surface area contributed by atoms with Crippen LogP contribution >= 0.6 is 0 Å². The maximum absolute atomic E-state index is 13.1. The smallest absolute Gasteiger partial charge is 0.194 e. The Morgan fingerprint density at radius 1 is 0.947 bits per heavy atom. The van der Waals surface area contributed by atoms with Crippen molar-refractivity contribution >= 4 is 5.78 Å². The maximum Gasteiger partial charge on any atom is 0.194 e. The molecule has 0 atom stereocenters. The average Bonchev–Trinajstić information content (AvgIpc) is 2.37. The van der Waals surface area contributed by atoms with Crippen molar-refractivity contribution in [3.63, 3.8) is 0 Å². The van der Waals surface area contributed by atoms with Crippen molar-refractivity contribution < 1.29 is 18.0 Å². The summed E-state index contributed by atoms with van der Waals surface area (Å²) in [5.41, 5.74) is 1.70. The predicted octanol–water partition coefficient (Wildman–Crippen LogP) is 3.95. The molecule has 98 valence electrons. The Balaban J connectivity index is 2.53. The number of carbonyl (C=O) groups is 1. The first-order valence-electron chi connectivity index (χ1n) is 5.66. The molecule has 0 heterocycles. The van der Waals surface area contributed by atoms with E-state index in [2.05, 4.69) is 0 Å². The minimum Gasteiger partial charge on any atom is -0.289 e. The second-order valence-electron chi connectivity index (χ2n) is 4.40. The lowest BCUT2D eigenvalue weighted by atomic mass is 9.97. The van der Waals surface area contributed by atoms with Gasteiger partial charge in [0, 0.05) is 11.1 Å². The van der Waals surface area contributed by atoms with Gasteiger partial charge in [-0.25, -0.2) is 13.2 Å². The van der Waals surface area contributed by atoms with E-state index in [4.69, 9.17) is 0 Å². The van der Waals surface area contributed by atoms with E-state index in [1.54, 1.807) is 19.1 Å². The fraction of sp³-hybridized carbons (Fsp3) is 0.133. The van der Waals surface area contributed by atoms with Crippen molar-refractivity contribution in [1.29, 1.82) is 0 Å². The monoisotopic (exact) mass is 264 g/mol. The zero-order valence-electron chi connectivity index (χ0n) is 10.4. The van der Waals surface area contributed by atoms with Crippen LogP contribution in [-0.4, -0.2) is 5.78 Å². The van der Waals surface area contributed by atoms with Gasteiger partial charge in [-0.3, -0.25) is 4.79 Å². The first-order chi connectivity index (χ1) is 8.90. The Morgan fingerprint density at radius 2 is 1.53 bits per heavy atom. The van der Waals surface area contributed by atoms with Crippen molar-refractivity contribution in [3.8, 4) is 0 Å². The van der Waals surface area contributed by atoms with Crippen LogP contribution in [0.1, 0.15) is 27.0 Å². The zero-order chi connectivity index (χ0) is 14.2. The van der Waals surface area contributed by atoms with Crippen LogP contribution in [0.15, 0.2) is 30.3 Å². The number of rotatable bonds is 2. The molecule has 0 aliphatic rings. The second-order valence-corrected chi connectivity index (χ2v) is 4.40. The van der Waals surface area contributed by atoms with Crippen molar-refractivity contribution in [1.82, 2.24) is 0 Å². The standard InChI is InChI=1S/C15H11F3O/c1-8-3-4-9(2)11(5-8)15(19)10-6-12(16)14(18)13(17)7-10/h3-7H,1-2H3. The lowest BCUT2D eigenvalue weighted by molar-refractivity contribution is 0.103. The number of hydrogen-bond donors (Lipinski definition) is 0. The Hall–Kier alpha value is -2.10. The van der Waals surface area contributed by atoms with Crippen LogP contribution in [0.25, 0.3) is 0 Å². The Bertz CT molecular complexity index is 639. The molecule has 0 aliphatic carbocycles. The third-order valence-corrected chi connectivity index (χ3v) is 2.88. The SMILES string of the molecule is Cc1ccc(C)c(C(=O)c2cc(F)c(F)c(F)c2)c1. The van der Waals surface area contributed by atoms with Crippen LogP contribution in [0.5, 0.6) is 0 Å². The van der Waals surface area contributed by atoms with Gasteiger partial charge in [-0.05, 0) is 37.6 Å². The van der Waals surface area contributed by atoms with Crippen molar-refractivity contribution in [3.05, 3.63) is 70.0 Å². The third-order valence-electron chi connectivity index (χ3n) is 2.88. The molecule has 0 aromatic heterocycles. The summed E-state index contributed by atoms with van der Waals surface area (Å²) < 4.78 is 39.1. The third kappa shape index (κ3) is 2.52. The van der Waals surface area contributed by atoms with Gasteiger partial charge in [-0.2, -0.15) is 0 Å². The average molecular weight is 264 g/mol. The molecule has 0 aliphatic heterocycles. The van der Waals surface area contributed by atoms with Gasteiger partial charge in [-0.1, -0.05) is 17.7 Å². The number of benzene rings is 2. The van der Waals surface area contributed by atoms with Gasteiger partial charge in [0.2, 0.25) is 0 Å². The highest BCUT2D eigenvalue weighted by atomic mass is 19.2. The molecule has 2 rings (SSSR count). The summed E-state index contributed by atoms with van der Waals surface area (Å²) >= 11 is 0. The highest BCUT2D eigenvalue weighted by molar-refractivity contribution is 6.10. The molecule has 0 amide bonds. The fourth-order valence-electron chi connectivity index (χ4n) is 1.82. The highest BCUT2D eigenvalue weighted by Crippen LogP contribution is 2.19. The van der Waals surface area contributed by atoms with Crippen LogP contribution in [0.3, 0.4) is 0 Å². The van der Waals surface area contributed by atoms with Crippen LogP contribution in [0.4, 0.5) is 13.2 Å². The molecular weight excluding hydrogens is 253 g/mol. The summed E-state index contributed by atoms with van der Waals surface area (Å²) in [6.07, 6.45) is 0. The molecular formula is C15H11F3O. The molecule has 0 unspecified atom stereocenters. The van der Waals surface area contributed by atoms with E-state index in [0.29, 0.717) is 23.3 Å². The Morgan fingerprint density at radius 3 is 2.11 bits per heavy atom. The zero-order valence-corrected chi connectivity index (χ0v) is 10.4. The van der Waals surface area contributed by atoms with Crippen LogP contribution in [0.2, 0.25) is 0 Å². The quantitative estimate of drug-likeness (QED) is 0.593. The lowest BCUT2D eigenvalue weighted by Crippen LogP contribution is -2.06. The first-order valence-corrected chi connectivity index (χ1v) is 5.66. The van der Waals surface area contributed by atoms with Crippen LogP contribution < -0.4 is 0 Å². The molecule has 0 radical (unpaired) electrons. The van der Waals surface area contributed by atoms with Crippen LogP contribution in [-0.2, 0) is 0 Å². The maximum atomic E-state index is 13.1. The van der Waals surface area contributed by atoms with Gasteiger partial charge < -0.3 is 0 Å². The first kappa shape index (κ1) is 13.3. The molecule has 0 bridgehead atoms. The molecule has 2 aromatic rings. The minimum atomic E-state index is -1.57. The summed E-state index contributed by atoms with van der Waals surface area (Å²) in [5.74, 6) is -4.83. The normalized spacial score (nSPS) is 10.6. The van der Waals surface area contributed by atoms with E-state index in [1.807, 2.05) is 13.0 Å². The highest BCUT2D eigenvalue weighted by Gasteiger charge is 2.17. The summed E-state index contributed by atoms with van der Waals surface area (Å²) in [4.78, 5) is 12.2. The molecule has 2 aromatic carbocycles. The van der Waals surface area contributed by atoms with Crippen molar-refractivity contribution in [2.24, 2.45) is 0 Å². The van der Waals surface area contributed by atoms with Gasteiger partial charge in [0.1, 0.15) is 0 Å².